The summed E-state index contributed by atoms with van der Waals surface area (Å²) in [6, 6.07) is -0.718. The minimum Gasteiger partial charge on any atom is -0.466 e. The number of carbonyl (C=O) groups is 1. The van der Waals surface area contributed by atoms with Gasteiger partial charge in [0.1, 0.15) is 6.04 Å². The van der Waals surface area contributed by atoms with E-state index in [0.29, 0.717) is 6.61 Å². The zero-order chi connectivity index (χ0) is 7.98. The molecular formula is C5H9N3O2. The van der Waals surface area contributed by atoms with Gasteiger partial charge in [-0.3, -0.25) is 4.79 Å². The number of nitrogens with zero attached hydrogens (tertiary/aromatic N) is 3. The van der Waals surface area contributed by atoms with Crippen molar-refractivity contribution in [3.63, 3.8) is 0 Å². The molecule has 0 saturated carbocycles. The molecule has 0 aromatic rings. The van der Waals surface area contributed by atoms with Gasteiger partial charge < -0.3 is 4.74 Å². The summed E-state index contributed by atoms with van der Waals surface area (Å²) in [6.07, 6.45) is 0. The van der Waals surface area contributed by atoms with Crippen LogP contribution in [0, 0.1) is 0 Å². The lowest BCUT2D eigenvalue weighted by Gasteiger charge is -2.01. The van der Waals surface area contributed by atoms with E-state index < -0.39 is 12.0 Å². The van der Waals surface area contributed by atoms with Gasteiger partial charge in [-0.1, -0.05) is 5.11 Å². The van der Waals surface area contributed by atoms with E-state index in [1.165, 1.54) is 6.92 Å². The number of esters is 1. The zero-order valence-electron chi connectivity index (χ0n) is 5.94. The third kappa shape index (κ3) is 2.94. The maximum absolute atomic E-state index is 10.6. The number of azide groups is 1. The molecule has 0 radical (unpaired) electrons. The second-order valence-corrected chi connectivity index (χ2v) is 1.63. The van der Waals surface area contributed by atoms with Gasteiger partial charge >= 0.3 is 5.97 Å². The van der Waals surface area contributed by atoms with Crippen molar-refractivity contribution >= 4 is 5.97 Å². The van der Waals surface area contributed by atoms with E-state index in [1.807, 2.05) is 0 Å². The highest BCUT2D eigenvalue weighted by atomic mass is 16.5. The van der Waals surface area contributed by atoms with E-state index in [9.17, 15) is 4.79 Å². The average Bonchev–Trinajstić information content (AvgIpc) is 1.89. The Morgan fingerprint density at radius 3 is 2.90 bits per heavy atom. The Kier molecular flexibility index (Phi) is 4.07. The van der Waals surface area contributed by atoms with Crippen LogP contribution < -0.4 is 0 Å². The van der Waals surface area contributed by atoms with Crippen LogP contribution in [0.4, 0.5) is 0 Å². The summed E-state index contributed by atoms with van der Waals surface area (Å²) in [4.78, 5) is 13.1. The lowest BCUT2D eigenvalue weighted by atomic mass is 10.4. The minimum atomic E-state index is -0.718. The molecule has 0 rings (SSSR count). The molecule has 0 amide bonds. The SMILES string of the molecule is CCOC(=O)[C@H](C)N=[N+]=[N-]. The number of hydrogen-bond donors (Lipinski definition) is 0. The molecule has 0 saturated heterocycles. The van der Waals surface area contributed by atoms with Gasteiger partial charge in [-0.15, -0.1) is 0 Å². The maximum Gasteiger partial charge on any atom is 0.314 e. The maximum atomic E-state index is 10.6. The largest absolute Gasteiger partial charge is 0.466 e. The second-order valence-electron chi connectivity index (χ2n) is 1.63. The predicted octanol–water partition coefficient (Wildman–Crippen LogP) is 1.25. The summed E-state index contributed by atoms with van der Waals surface area (Å²) >= 11 is 0. The molecule has 5 nitrogen and oxygen atoms in total. The Balaban J connectivity index is 3.81. The van der Waals surface area contributed by atoms with Crippen LogP contribution in [-0.2, 0) is 9.53 Å². The Morgan fingerprint density at radius 1 is 1.90 bits per heavy atom. The standard InChI is InChI=1S/C5H9N3O2/c1-3-10-5(9)4(2)7-8-6/h4H,3H2,1-2H3/t4-/m0/s1. The predicted molar refractivity (Wildman–Crippen MR) is 35.2 cm³/mol. The van der Waals surface area contributed by atoms with Crippen molar-refractivity contribution in [1.82, 2.24) is 0 Å². The first kappa shape index (κ1) is 8.78. The van der Waals surface area contributed by atoms with Gasteiger partial charge in [0, 0.05) is 4.91 Å². The van der Waals surface area contributed by atoms with Gasteiger partial charge in [0.2, 0.25) is 0 Å². The fraction of sp³-hybridized carbons (Fsp3) is 0.800. The van der Waals surface area contributed by atoms with Gasteiger partial charge in [-0.05, 0) is 19.4 Å². The summed E-state index contributed by atoms with van der Waals surface area (Å²) in [5, 5.41) is 3.15. The Labute approximate surface area is 58.6 Å². The fourth-order valence-corrected chi connectivity index (χ4v) is 0.387. The third-order valence-electron chi connectivity index (χ3n) is 0.853. The Hall–Kier alpha value is -1.22. The van der Waals surface area contributed by atoms with E-state index in [4.69, 9.17) is 5.53 Å². The van der Waals surface area contributed by atoms with E-state index >= 15 is 0 Å². The van der Waals surface area contributed by atoms with Crippen LogP contribution in [0.5, 0.6) is 0 Å². The molecule has 0 fully saturated rings. The van der Waals surface area contributed by atoms with Crippen LogP contribution in [0.15, 0.2) is 5.11 Å². The Bertz CT molecular complexity index is 162. The van der Waals surface area contributed by atoms with Crippen molar-refractivity contribution in [3.05, 3.63) is 10.4 Å². The summed E-state index contributed by atoms with van der Waals surface area (Å²) in [6.45, 7) is 3.49. The normalized spacial score (nSPS) is 11.4. The summed E-state index contributed by atoms with van der Waals surface area (Å²) in [5.41, 5.74) is 7.90. The molecule has 0 heterocycles. The van der Waals surface area contributed by atoms with Crippen LogP contribution in [0.25, 0.3) is 10.4 Å². The number of ether oxygens (including phenoxy) is 1. The number of rotatable bonds is 3. The van der Waals surface area contributed by atoms with Crippen LogP contribution in [0.2, 0.25) is 0 Å². The zero-order valence-corrected chi connectivity index (χ0v) is 5.94. The fourth-order valence-electron chi connectivity index (χ4n) is 0.387. The number of hydrogen-bond acceptors (Lipinski definition) is 3. The van der Waals surface area contributed by atoms with Crippen molar-refractivity contribution in [2.45, 2.75) is 19.9 Å². The third-order valence-corrected chi connectivity index (χ3v) is 0.853. The second kappa shape index (κ2) is 4.64. The van der Waals surface area contributed by atoms with Gasteiger partial charge in [0.15, 0.2) is 0 Å². The highest BCUT2D eigenvalue weighted by molar-refractivity contribution is 5.75. The minimum absolute atomic E-state index is 0.310. The molecule has 0 aliphatic rings. The molecule has 0 unspecified atom stereocenters. The number of carbonyl (C=O) groups excluding carboxylic acids is 1. The van der Waals surface area contributed by atoms with Crippen molar-refractivity contribution in [2.75, 3.05) is 6.61 Å². The molecule has 0 spiro atoms. The van der Waals surface area contributed by atoms with E-state index in [-0.39, 0.29) is 0 Å². The molecule has 1 atom stereocenters. The molecule has 0 aliphatic heterocycles. The summed E-state index contributed by atoms with van der Waals surface area (Å²) < 4.78 is 4.55. The summed E-state index contributed by atoms with van der Waals surface area (Å²) in [7, 11) is 0. The summed E-state index contributed by atoms with van der Waals surface area (Å²) in [5.74, 6) is -0.486. The van der Waals surface area contributed by atoms with Crippen LogP contribution >= 0.6 is 0 Å². The first-order valence-corrected chi connectivity index (χ1v) is 2.93. The molecule has 5 heteroatoms. The van der Waals surface area contributed by atoms with E-state index in [1.54, 1.807) is 6.92 Å². The monoisotopic (exact) mass is 143 g/mol. The van der Waals surface area contributed by atoms with Crippen LogP contribution in [-0.4, -0.2) is 18.6 Å². The van der Waals surface area contributed by atoms with Gasteiger partial charge in [0.05, 0.1) is 6.61 Å². The lowest BCUT2D eigenvalue weighted by molar-refractivity contribution is -0.144. The van der Waals surface area contributed by atoms with Crippen molar-refractivity contribution in [1.29, 1.82) is 0 Å². The first-order chi connectivity index (χ1) is 4.72. The van der Waals surface area contributed by atoms with Crippen LogP contribution in [0.1, 0.15) is 13.8 Å². The van der Waals surface area contributed by atoms with Crippen molar-refractivity contribution in [2.24, 2.45) is 5.11 Å². The molecule has 10 heavy (non-hydrogen) atoms. The smallest absolute Gasteiger partial charge is 0.314 e. The molecule has 0 aromatic carbocycles. The van der Waals surface area contributed by atoms with Gasteiger partial charge in [-0.2, -0.15) is 0 Å². The lowest BCUT2D eigenvalue weighted by Crippen LogP contribution is -2.16. The van der Waals surface area contributed by atoms with Gasteiger partial charge in [0.25, 0.3) is 0 Å². The average molecular weight is 143 g/mol. The van der Waals surface area contributed by atoms with Gasteiger partial charge in [-0.25, -0.2) is 0 Å². The molecule has 0 N–H and O–H groups in total. The molecule has 0 aromatic heterocycles. The van der Waals surface area contributed by atoms with E-state index in [2.05, 4.69) is 14.8 Å². The quantitative estimate of drug-likeness (QED) is 0.258. The van der Waals surface area contributed by atoms with Crippen molar-refractivity contribution < 1.29 is 9.53 Å². The van der Waals surface area contributed by atoms with Crippen molar-refractivity contribution in [3.8, 4) is 0 Å². The topological polar surface area (TPSA) is 75.1 Å². The molecule has 0 aliphatic carbocycles. The Morgan fingerprint density at radius 2 is 2.50 bits per heavy atom. The van der Waals surface area contributed by atoms with Crippen LogP contribution in [0.3, 0.4) is 0 Å². The molecular weight excluding hydrogens is 134 g/mol. The highest BCUT2D eigenvalue weighted by Crippen LogP contribution is 1.92. The highest BCUT2D eigenvalue weighted by Gasteiger charge is 2.09. The van der Waals surface area contributed by atoms with E-state index in [0.717, 1.165) is 0 Å². The molecule has 0 bridgehead atoms. The first-order valence-electron chi connectivity index (χ1n) is 2.93. The molecule has 56 valence electrons.